The second-order valence-corrected chi connectivity index (χ2v) is 3.69. The van der Waals surface area contributed by atoms with Gasteiger partial charge in [0.2, 0.25) is 5.28 Å². The molecule has 6 heteroatoms. The lowest BCUT2D eigenvalue weighted by Crippen LogP contribution is -2.21. The molecule has 14 heavy (non-hydrogen) atoms. The van der Waals surface area contributed by atoms with E-state index in [4.69, 9.17) is 23.1 Å². The fourth-order valence-corrected chi connectivity index (χ4v) is 1.18. The molecule has 0 saturated heterocycles. The molecule has 0 amide bonds. The maximum absolute atomic E-state index is 5.72. The molecule has 2 unspecified atom stereocenters. The summed E-state index contributed by atoms with van der Waals surface area (Å²) in [5, 5.41) is 0.169. The highest BCUT2D eigenvalue weighted by atomic mass is 35.5. The van der Waals surface area contributed by atoms with Crippen LogP contribution in [-0.2, 0) is 6.42 Å². The molecular weight excluding hydrogens is 202 g/mol. The first kappa shape index (κ1) is 11.3. The van der Waals surface area contributed by atoms with Crippen molar-refractivity contribution in [3.05, 3.63) is 16.9 Å². The summed E-state index contributed by atoms with van der Waals surface area (Å²) in [4.78, 5) is 12.0. The highest BCUT2D eigenvalue weighted by Gasteiger charge is 2.09. The fraction of sp³-hybridized carbons (Fsp3) is 0.625. The van der Waals surface area contributed by atoms with E-state index in [1.54, 1.807) is 6.92 Å². The molecule has 2 atom stereocenters. The minimum Gasteiger partial charge on any atom is -0.328 e. The summed E-state index contributed by atoms with van der Waals surface area (Å²) in [7, 11) is 0. The van der Waals surface area contributed by atoms with Gasteiger partial charge >= 0.3 is 0 Å². The molecule has 0 fully saturated rings. The van der Waals surface area contributed by atoms with Crippen LogP contribution in [-0.4, -0.2) is 21.0 Å². The van der Waals surface area contributed by atoms with Gasteiger partial charge in [-0.1, -0.05) is 0 Å². The smallest absolute Gasteiger partial charge is 0.225 e. The molecule has 1 heterocycles. The van der Waals surface area contributed by atoms with Crippen molar-refractivity contribution in [1.82, 2.24) is 15.0 Å². The predicted molar refractivity (Wildman–Crippen MR) is 54.8 cm³/mol. The van der Waals surface area contributed by atoms with Crippen molar-refractivity contribution < 1.29 is 0 Å². The normalized spacial score (nSPS) is 15.2. The van der Waals surface area contributed by atoms with Gasteiger partial charge in [0, 0.05) is 12.5 Å². The highest BCUT2D eigenvalue weighted by Crippen LogP contribution is 2.08. The predicted octanol–water partition coefficient (Wildman–Crippen LogP) is 0.434. The van der Waals surface area contributed by atoms with Crippen molar-refractivity contribution >= 4 is 11.6 Å². The molecule has 0 bridgehead atoms. The average molecular weight is 216 g/mol. The second kappa shape index (κ2) is 4.63. The molecule has 1 aromatic heterocycles. The number of hydrogen-bond acceptors (Lipinski definition) is 5. The first-order valence-corrected chi connectivity index (χ1v) is 4.78. The maximum Gasteiger partial charge on any atom is 0.225 e. The topological polar surface area (TPSA) is 90.7 Å². The molecule has 0 spiro atoms. The Bertz CT molecular complexity index is 313. The van der Waals surface area contributed by atoms with Crippen LogP contribution in [0.2, 0.25) is 5.28 Å². The van der Waals surface area contributed by atoms with Crippen LogP contribution in [0.4, 0.5) is 0 Å². The van der Waals surface area contributed by atoms with E-state index >= 15 is 0 Å². The van der Waals surface area contributed by atoms with Gasteiger partial charge in [-0.3, -0.25) is 0 Å². The SMILES string of the molecule is CC(N)Cc1nc(Cl)nc(C(C)N)n1. The summed E-state index contributed by atoms with van der Waals surface area (Å²) in [6, 6.07) is -0.253. The summed E-state index contributed by atoms with van der Waals surface area (Å²) >= 11 is 5.72. The Morgan fingerprint density at radius 3 is 2.36 bits per heavy atom. The van der Waals surface area contributed by atoms with Gasteiger partial charge in [0.05, 0.1) is 6.04 Å². The van der Waals surface area contributed by atoms with Gasteiger partial charge < -0.3 is 11.5 Å². The standard InChI is InChI=1S/C8H14ClN5/c1-4(10)3-6-12-7(5(2)11)14-8(9)13-6/h4-5H,3,10-11H2,1-2H3. The minimum absolute atomic E-state index is 0.00519. The van der Waals surface area contributed by atoms with Gasteiger partial charge in [0.25, 0.3) is 0 Å². The molecule has 0 aliphatic heterocycles. The van der Waals surface area contributed by atoms with E-state index < -0.39 is 0 Å². The number of hydrogen-bond donors (Lipinski definition) is 2. The van der Waals surface area contributed by atoms with E-state index in [2.05, 4.69) is 15.0 Å². The van der Waals surface area contributed by atoms with Crippen LogP contribution in [0.25, 0.3) is 0 Å². The lowest BCUT2D eigenvalue weighted by Gasteiger charge is -2.07. The largest absolute Gasteiger partial charge is 0.328 e. The molecule has 0 aliphatic rings. The Morgan fingerprint density at radius 2 is 1.86 bits per heavy atom. The van der Waals surface area contributed by atoms with E-state index in [0.29, 0.717) is 18.1 Å². The monoisotopic (exact) mass is 215 g/mol. The van der Waals surface area contributed by atoms with Crippen molar-refractivity contribution in [2.45, 2.75) is 32.4 Å². The van der Waals surface area contributed by atoms with Crippen LogP contribution < -0.4 is 11.5 Å². The van der Waals surface area contributed by atoms with Crippen LogP contribution >= 0.6 is 11.6 Å². The number of nitrogens with two attached hydrogens (primary N) is 2. The third kappa shape index (κ3) is 3.17. The zero-order valence-electron chi connectivity index (χ0n) is 8.24. The van der Waals surface area contributed by atoms with E-state index in [1.165, 1.54) is 0 Å². The summed E-state index contributed by atoms with van der Waals surface area (Å²) in [5.41, 5.74) is 11.3. The van der Waals surface area contributed by atoms with Crippen molar-refractivity contribution in [3.8, 4) is 0 Å². The minimum atomic E-state index is -0.248. The van der Waals surface area contributed by atoms with Gasteiger partial charge in [-0.25, -0.2) is 15.0 Å². The molecule has 4 N–H and O–H groups in total. The van der Waals surface area contributed by atoms with E-state index in [-0.39, 0.29) is 17.4 Å². The lowest BCUT2D eigenvalue weighted by molar-refractivity contribution is 0.660. The summed E-state index contributed by atoms with van der Waals surface area (Å²) in [5.74, 6) is 1.09. The maximum atomic E-state index is 5.72. The molecule has 1 aromatic rings. The molecule has 78 valence electrons. The van der Waals surface area contributed by atoms with Crippen molar-refractivity contribution in [2.24, 2.45) is 11.5 Å². The van der Waals surface area contributed by atoms with Gasteiger partial charge in [0.15, 0.2) is 0 Å². The van der Waals surface area contributed by atoms with Crippen LogP contribution in [0.3, 0.4) is 0 Å². The average Bonchev–Trinajstić information content (AvgIpc) is 2.01. The number of nitrogens with zero attached hydrogens (tertiary/aromatic N) is 3. The molecule has 0 aromatic carbocycles. The van der Waals surface area contributed by atoms with E-state index in [1.807, 2.05) is 6.92 Å². The summed E-state index contributed by atoms with van der Waals surface area (Å²) in [6.07, 6.45) is 0.571. The van der Waals surface area contributed by atoms with Crippen molar-refractivity contribution in [1.29, 1.82) is 0 Å². The summed E-state index contributed by atoms with van der Waals surface area (Å²) in [6.45, 7) is 3.67. The Morgan fingerprint density at radius 1 is 1.21 bits per heavy atom. The first-order valence-electron chi connectivity index (χ1n) is 4.40. The zero-order chi connectivity index (χ0) is 10.7. The third-order valence-electron chi connectivity index (χ3n) is 1.58. The van der Waals surface area contributed by atoms with Crippen LogP contribution in [0.15, 0.2) is 0 Å². The molecule has 0 aliphatic carbocycles. The molecule has 5 nitrogen and oxygen atoms in total. The van der Waals surface area contributed by atoms with E-state index in [0.717, 1.165) is 0 Å². The zero-order valence-corrected chi connectivity index (χ0v) is 8.99. The van der Waals surface area contributed by atoms with Gasteiger partial charge in [0.1, 0.15) is 11.6 Å². The Balaban J connectivity index is 2.95. The Hall–Kier alpha value is -0.780. The van der Waals surface area contributed by atoms with Crippen LogP contribution in [0.5, 0.6) is 0 Å². The molecule has 0 saturated carbocycles. The number of halogens is 1. The number of rotatable bonds is 3. The fourth-order valence-electron chi connectivity index (χ4n) is 0.991. The number of aromatic nitrogens is 3. The molecular formula is C8H14ClN5. The Kier molecular flexibility index (Phi) is 3.74. The van der Waals surface area contributed by atoms with Gasteiger partial charge in [-0.15, -0.1) is 0 Å². The summed E-state index contributed by atoms with van der Waals surface area (Å²) < 4.78 is 0. The van der Waals surface area contributed by atoms with Gasteiger partial charge in [-0.2, -0.15) is 0 Å². The van der Waals surface area contributed by atoms with Gasteiger partial charge in [-0.05, 0) is 25.4 Å². The van der Waals surface area contributed by atoms with Crippen molar-refractivity contribution in [2.75, 3.05) is 0 Å². The lowest BCUT2D eigenvalue weighted by atomic mass is 10.2. The molecule has 1 rings (SSSR count). The quantitative estimate of drug-likeness (QED) is 0.763. The first-order chi connectivity index (χ1) is 6.49. The Labute approximate surface area is 87.9 Å². The van der Waals surface area contributed by atoms with Crippen LogP contribution in [0.1, 0.15) is 31.5 Å². The molecule has 0 radical (unpaired) electrons. The van der Waals surface area contributed by atoms with Crippen molar-refractivity contribution in [3.63, 3.8) is 0 Å². The highest BCUT2D eigenvalue weighted by molar-refractivity contribution is 6.28. The van der Waals surface area contributed by atoms with Crippen LogP contribution in [0, 0.1) is 0 Å². The van der Waals surface area contributed by atoms with E-state index in [9.17, 15) is 0 Å². The second-order valence-electron chi connectivity index (χ2n) is 3.35. The third-order valence-corrected chi connectivity index (χ3v) is 1.75.